The minimum absolute atomic E-state index is 0.595. The summed E-state index contributed by atoms with van der Waals surface area (Å²) in [5, 5.41) is 4.36. The maximum absolute atomic E-state index is 11.2. The molecule has 0 saturated heterocycles. The second-order valence-corrected chi connectivity index (χ2v) is 8.43. The Balaban J connectivity index is 2.99. The number of nitrogens with zero attached hydrogens (tertiary/aromatic N) is 2. The highest BCUT2D eigenvalue weighted by molar-refractivity contribution is 8.83. The van der Waals surface area contributed by atoms with Crippen LogP contribution in [-0.2, 0) is 8.08 Å². The lowest BCUT2D eigenvalue weighted by molar-refractivity contribution is 0.622. The lowest BCUT2D eigenvalue weighted by Crippen LogP contribution is -2.03. The molecule has 1 aromatic rings. The Hall–Kier alpha value is -0.720. The monoisotopic (exact) mass is 248 g/mol. The summed E-state index contributed by atoms with van der Waals surface area (Å²) in [4.78, 5) is 0. The van der Waals surface area contributed by atoms with Crippen LogP contribution < -0.4 is 5.22 Å². The molecule has 1 aromatic carbocycles. The molecule has 0 N–H and O–H groups in total. The van der Waals surface area contributed by atoms with E-state index in [0.29, 0.717) is 4.51 Å². The van der Waals surface area contributed by atoms with Crippen molar-refractivity contribution < 1.29 is 8.42 Å². The van der Waals surface area contributed by atoms with Gasteiger partial charge in [-0.05, 0) is 6.07 Å². The van der Waals surface area contributed by atoms with Gasteiger partial charge in [0.1, 0.15) is 0 Å². The first-order valence-electron chi connectivity index (χ1n) is 3.62. The van der Waals surface area contributed by atoms with E-state index in [-0.39, 0.29) is 0 Å². The highest BCUT2D eigenvalue weighted by Crippen LogP contribution is 2.31. The molecule has 4 nitrogen and oxygen atoms in total. The van der Waals surface area contributed by atoms with E-state index in [0.717, 1.165) is 5.22 Å². The molecule has 1 heterocycles. The third-order valence-electron chi connectivity index (χ3n) is 1.61. The summed E-state index contributed by atoms with van der Waals surface area (Å²) in [5.41, 5.74) is 0. The fourth-order valence-corrected chi connectivity index (χ4v) is 4.39. The number of hydrogen-bond acceptors (Lipinski definition) is 4. The summed E-state index contributed by atoms with van der Waals surface area (Å²) in [6, 6.07) is 7.01. The molecule has 74 valence electrons. The highest BCUT2D eigenvalue weighted by Gasteiger charge is 2.14. The molecule has 0 radical (unpaired) electrons. The molecule has 0 aliphatic carbocycles. The molecular formula is C7H5ClN2O2S2. The topological polar surface area (TPSA) is 58.9 Å². The summed E-state index contributed by atoms with van der Waals surface area (Å²) >= 11 is 0. The van der Waals surface area contributed by atoms with Gasteiger partial charge in [0.25, 0.3) is 0 Å². The number of rotatable bonds is 1. The van der Waals surface area contributed by atoms with Crippen molar-refractivity contribution in [3.8, 4) is 0 Å². The van der Waals surface area contributed by atoms with Gasteiger partial charge < -0.3 is 0 Å². The summed E-state index contributed by atoms with van der Waals surface area (Å²) < 4.78 is 26.5. The first-order chi connectivity index (χ1) is 6.59. The van der Waals surface area contributed by atoms with Gasteiger partial charge in [-0.15, -0.1) is 4.52 Å². The normalized spacial score (nSPS) is 19.9. The summed E-state index contributed by atoms with van der Waals surface area (Å²) in [7, 11) is 0.165. The molecule has 0 spiro atoms. The number of benzene rings is 1. The van der Waals surface area contributed by atoms with Gasteiger partial charge in [-0.25, -0.2) is 0 Å². The minimum Gasteiger partial charge on any atom is -0.199 e. The Morgan fingerprint density at radius 3 is 2.71 bits per heavy atom. The second-order valence-electron chi connectivity index (χ2n) is 2.51. The quantitative estimate of drug-likeness (QED) is 0.432. The Kier molecular flexibility index (Phi) is 2.42. The van der Waals surface area contributed by atoms with Crippen molar-refractivity contribution in [3.05, 3.63) is 34.0 Å². The van der Waals surface area contributed by atoms with Crippen LogP contribution in [0.15, 0.2) is 33.9 Å². The van der Waals surface area contributed by atoms with Crippen LogP contribution >= 0.6 is 20.4 Å². The molecule has 1 unspecified atom stereocenters. The van der Waals surface area contributed by atoms with Crippen molar-refractivity contribution in [3.63, 3.8) is 0 Å². The lowest BCUT2D eigenvalue weighted by atomic mass is 10.3. The third kappa shape index (κ3) is 1.73. The van der Waals surface area contributed by atoms with Gasteiger partial charge in [0.05, 0.1) is 15.9 Å². The van der Waals surface area contributed by atoms with Crippen LogP contribution in [0.3, 0.4) is 0 Å². The molecule has 0 aromatic heterocycles. The molecule has 0 bridgehead atoms. The van der Waals surface area contributed by atoms with Crippen molar-refractivity contribution in [2.24, 2.45) is 9.63 Å². The minimum atomic E-state index is -3.72. The van der Waals surface area contributed by atoms with E-state index >= 15 is 0 Å². The van der Waals surface area contributed by atoms with Crippen molar-refractivity contribution in [1.29, 1.82) is 0 Å². The molecule has 7 heteroatoms. The van der Waals surface area contributed by atoms with Crippen LogP contribution in [0.5, 0.6) is 0 Å². The molecule has 0 saturated carbocycles. The summed E-state index contributed by atoms with van der Waals surface area (Å²) in [6.45, 7) is 0. The predicted octanol–water partition coefficient (Wildman–Crippen LogP) is 1.81. The van der Waals surface area contributed by atoms with E-state index in [1.165, 1.54) is 6.20 Å². The molecule has 0 amide bonds. The predicted molar refractivity (Wildman–Crippen MR) is 56.6 cm³/mol. The lowest BCUT2D eigenvalue weighted by Gasteiger charge is -2.00. The molecular weight excluding hydrogens is 244 g/mol. The van der Waals surface area contributed by atoms with Crippen LogP contribution in [-0.4, -0.2) is 8.42 Å². The van der Waals surface area contributed by atoms with Gasteiger partial charge >= 0.3 is 8.08 Å². The SMILES string of the molecule is O=S(=O)(Cl)S1=c2ccccc2=CN=N1. The summed E-state index contributed by atoms with van der Waals surface area (Å²) in [5.74, 6) is 0. The van der Waals surface area contributed by atoms with E-state index in [4.69, 9.17) is 10.7 Å². The van der Waals surface area contributed by atoms with Gasteiger partial charge in [0.2, 0.25) is 0 Å². The van der Waals surface area contributed by atoms with Gasteiger partial charge in [0, 0.05) is 20.4 Å². The maximum Gasteiger partial charge on any atom is 0.301 e. The Labute approximate surface area is 86.8 Å². The van der Waals surface area contributed by atoms with E-state index in [1.54, 1.807) is 24.3 Å². The van der Waals surface area contributed by atoms with E-state index in [1.807, 2.05) is 0 Å². The molecule has 0 fully saturated rings. The first-order valence-corrected chi connectivity index (χ1v) is 7.62. The van der Waals surface area contributed by atoms with Crippen LogP contribution in [0.25, 0.3) is 6.20 Å². The molecule has 1 aliphatic heterocycles. The van der Waals surface area contributed by atoms with Crippen LogP contribution in [0.4, 0.5) is 0 Å². The average molecular weight is 249 g/mol. The zero-order valence-electron chi connectivity index (χ0n) is 6.79. The molecule has 14 heavy (non-hydrogen) atoms. The molecule has 1 aliphatic rings. The highest BCUT2D eigenvalue weighted by atomic mass is 35.8. The Bertz CT molecular complexity index is 621. The van der Waals surface area contributed by atoms with Crippen molar-refractivity contribution >= 4 is 34.7 Å². The maximum atomic E-state index is 11.2. The average Bonchev–Trinajstić information content (AvgIpc) is 2.15. The smallest absolute Gasteiger partial charge is 0.199 e. The number of halogens is 1. The number of fused-ring (bicyclic) bond motifs is 1. The fourth-order valence-electron chi connectivity index (χ4n) is 1.07. The van der Waals surface area contributed by atoms with E-state index in [2.05, 4.69) is 9.63 Å². The molecule has 2 rings (SSSR count). The fraction of sp³-hybridized carbons (Fsp3) is 0. The van der Waals surface area contributed by atoms with Gasteiger partial charge in [-0.2, -0.15) is 13.5 Å². The van der Waals surface area contributed by atoms with Crippen LogP contribution in [0.2, 0.25) is 0 Å². The van der Waals surface area contributed by atoms with Gasteiger partial charge in [0.15, 0.2) is 0 Å². The van der Waals surface area contributed by atoms with Crippen LogP contribution in [0, 0.1) is 4.51 Å². The van der Waals surface area contributed by atoms with Crippen molar-refractivity contribution in [1.82, 2.24) is 0 Å². The van der Waals surface area contributed by atoms with Crippen molar-refractivity contribution in [2.75, 3.05) is 0 Å². The zero-order valence-corrected chi connectivity index (χ0v) is 9.18. The van der Waals surface area contributed by atoms with Gasteiger partial charge in [-0.1, -0.05) is 18.2 Å². The standard InChI is InChI=1S/C7H5ClN2O2S2/c8-14(11,12)13-7-4-2-1-3-6(7)5-9-10-13/h1-5H. The third-order valence-corrected chi connectivity index (χ3v) is 5.93. The van der Waals surface area contributed by atoms with Gasteiger partial charge in [-0.3, -0.25) is 0 Å². The Morgan fingerprint density at radius 2 is 2.00 bits per heavy atom. The second kappa shape index (κ2) is 3.45. The van der Waals surface area contributed by atoms with Crippen LogP contribution in [0.1, 0.15) is 0 Å². The van der Waals surface area contributed by atoms with E-state index < -0.39 is 17.8 Å². The summed E-state index contributed by atoms with van der Waals surface area (Å²) in [6.07, 6.45) is 1.51. The Morgan fingerprint density at radius 1 is 1.29 bits per heavy atom. The zero-order chi connectivity index (χ0) is 10.2. The first kappa shape index (κ1) is 9.82. The van der Waals surface area contributed by atoms with Crippen molar-refractivity contribution in [2.45, 2.75) is 0 Å². The molecule has 1 atom stereocenters. The number of hydrogen-bond donors (Lipinski definition) is 0. The van der Waals surface area contributed by atoms with E-state index in [9.17, 15) is 8.42 Å². The largest absolute Gasteiger partial charge is 0.301 e.